The zero-order chi connectivity index (χ0) is 27.3. The number of rotatable bonds is 18. The topological polar surface area (TPSA) is 167 Å². The van der Waals surface area contributed by atoms with E-state index in [-0.39, 0.29) is 18.0 Å². The van der Waals surface area contributed by atoms with Crippen LogP contribution in [0.1, 0.15) is 10.4 Å². The molecule has 0 unspecified atom stereocenters. The maximum Gasteiger partial charge on any atom is 0.256 e. The van der Waals surface area contributed by atoms with Crippen molar-refractivity contribution < 1.29 is 33.2 Å². The van der Waals surface area contributed by atoms with Gasteiger partial charge in [-0.1, -0.05) is 11.8 Å². The number of imidazole rings is 1. The molecule has 14 heteroatoms. The number of methoxy groups -OCH3 is 2. The van der Waals surface area contributed by atoms with Gasteiger partial charge >= 0.3 is 0 Å². The summed E-state index contributed by atoms with van der Waals surface area (Å²) in [6.45, 7) is 3.47. The van der Waals surface area contributed by atoms with Crippen molar-refractivity contribution in [2.45, 2.75) is 5.16 Å². The number of carbonyl (C=O) groups is 1. The number of thioether (sulfide) groups is 1. The number of aromatic nitrogens is 3. The van der Waals surface area contributed by atoms with Crippen molar-refractivity contribution in [3.05, 3.63) is 30.1 Å². The molecule has 0 saturated heterocycles. The number of anilines is 2. The molecule has 0 aliphatic carbocycles. The van der Waals surface area contributed by atoms with Gasteiger partial charge in [0, 0.05) is 36.8 Å². The van der Waals surface area contributed by atoms with Gasteiger partial charge in [0.05, 0.1) is 53.9 Å². The van der Waals surface area contributed by atoms with Crippen LogP contribution in [-0.2, 0) is 14.2 Å². The van der Waals surface area contributed by atoms with E-state index in [0.29, 0.717) is 79.9 Å². The Labute approximate surface area is 225 Å². The van der Waals surface area contributed by atoms with Crippen LogP contribution in [0.3, 0.4) is 0 Å². The van der Waals surface area contributed by atoms with Crippen LogP contribution in [0.25, 0.3) is 5.65 Å². The van der Waals surface area contributed by atoms with E-state index in [1.54, 1.807) is 28.9 Å². The maximum absolute atomic E-state index is 12.3. The number of nitrogens with one attached hydrogen (secondary N) is 1. The van der Waals surface area contributed by atoms with Crippen LogP contribution in [-0.4, -0.2) is 93.5 Å². The van der Waals surface area contributed by atoms with Crippen LogP contribution in [0.4, 0.5) is 11.5 Å². The van der Waals surface area contributed by atoms with Gasteiger partial charge in [-0.25, -0.2) is 9.97 Å². The van der Waals surface area contributed by atoms with Gasteiger partial charge in [0.2, 0.25) is 5.75 Å². The molecule has 3 rings (SSSR count). The van der Waals surface area contributed by atoms with Crippen molar-refractivity contribution >= 4 is 34.8 Å². The fourth-order valence-corrected chi connectivity index (χ4v) is 4.00. The average molecular weight is 551 g/mol. The zero-order valence-electron chi connectivity index (χ0n) is 21.7. The highest BCUT2D eigenvalue weighted by molar-refractivity contribution is 7.98. The molecule has 38 heavy (non-hydrogen) atoms. The molecule has 5 N–H and O–H groups in total. The van der Waals surface area contributed by atoms with Crippen LogP contribution >= 0.6 is 11.8 Å². The predicted octanol–water partition coefficient (Wildman–Crippen LogP) is 1.70. The standard InChI is InChI=1S/C24H34N6O7S/c1-32-17-14-16(28-22-19(21(26)31)23-27-5-6-30(23)24(29-22)38-3)15-18(33-2)20(17)37-13-12-36-11-10-35-9-8-34-7-4-25/h5-6,14-15,28H,4,7-13,25H2,1-3H3,(H2,26,31). The van der Waals surface area contributed by atoms with Crippen molar-refractivity contribution in [2.24, 2.45) is 11.5 Å². The molecule has 0 fully saturated rings. The fraction of sp³-hybridized carbons (Fsp3) is 0.458. The predicted molar refractivity (Wildman–Crippen MR) is 143 cm³/mol. The van der Waals surface area contributed by atoms with Crippen LogP contribution < -0.4 is 31.0 Å². The maximum atomic E-state index is 12.3. The first-order valence-electron chi connectivity index (χ1n) is 11.8. The number of nitrogens with zero attached hydrogens (tertiary/aromatic N) is 3. The van der Waals surface area contributed by atoms with E-state index in [1.165, 1.54) is 26.0 Å². The third kappa shape index (κ3) is 7.61. The zero-order valence-corrected chi connectivity index (χ0v) is 22.5. The first-order chi connectivity index (χ1) is 18.5. The highest BCUT2D eigenvalue weighted by Crippen LogP contribution is 2.41. The summed E-state index contributed by atoms with van der Waals surface area (Å²) < 4.78 is 34.9. The number of amides is 1. The summed E-state index contributed by atoms with van der Waals surface area (Å²) in [5, 5.41) is 3.78. The van der Waals surface area contributed by atoms with Crippen LogP contribution in [0, 0.1) is 0 Å². The third-order valence-corrected chi connectivity index (χ3v) is 5.80. The Kier molecular flexibility index (Phi) is 11.7. The summed E-state index contributed by atoms with van der Waals surface area (Å²) in [7, 11) is 3.04. The Morgan fingerprint density at radius 1 is 1.00 bits per heavy atom. The third-order valence-electron chi connectivity index (χ3n) is 5.15. The Balaban J connectivity index is 1.65. The van der Waals surface area contributed by atoms with Gasteiger partial charge in [0.1, 0.15) is 18.0 Å². The SMILES string of the molecule is COc1cc(Nc2nc(SC)n3ccnc3c2C(N)=O)cc(OC)c1OCCOCCOCCOCCN. The normalized spacial score (nSPS) is 11.1. The molecule has 0 aliphatic heterocycles. The monoisotopic (exact) mass is 550 g/mol. The molecule has 2 aromatic heterocycles. The molecule has 0 spiro atoms. The number of hydrogen-bond donors (Lipinski definition) is 3. The summed E-state index contributed by atoms with van der Waals surface area (Å²) >= 11 is 1.41. The number of primary amides is 1. The van der Waals surface area contributed by atoms with Gasteiger partial charge in [0.15, 0.2) is 22.3 Å². The lowest BCUT2D eigenvalue weighted by molar-refractivity contribution is 0.0103. The van der Waals surface area contributed by atoms with Crippen molar-refractivity contribution in [2.75, 3.05) is 78.6 Å². The molecule has 0 radical (unpaired) electrons. The van der Waals surface area contributed by atoms with E-state index in [4.69, 9.17) is 39.9 Å². The van der Waals surface area contributed by atoms with Gasteiger partial charge < -0.3 is 45.2 Å². The largest absolute Gasteiger partial charge is 0.493 e. The van der Waals surface area contributed by atoms with Crippen molar-refractivity contribution in [1.29, 1.82) is 0 Å². The fourth-order valence-electron chi connectivity index (χ4n) is 3.47. The molecule has 0 aliphatic rings. The number of nitrogens with two attached hydrogens (primary N) is 2. The van der Waals surface area contributed by atoms with Crippen molar-refractivity contribution in [3.8, 4) is 17.2 Å². The number of fused-ring (bicyclic) bond motifs is 1. The molecule has 0 bridgehead atoms. The molecular weight excluding hydrogens is 516 g/mol. The molecule has 1 aromatic carbocycles. The van der Waals surface area contributed by atoms with E-state index in [9.17, 15) is 4.79 Å². The quantitative estimate of drug-likeness (QED) is 0.119. The van der Waals surface area contributed by atoms with E-state index < -0.39 is 5.91 Å². The van der Waals surface area contributed by atoms with E-state index >= 15 is 0 Å². The highest BCUT2D eigenvalue weighted by Gasteiger charge is 2.21. The van der Waals surface area contributed by atoms with Gasteiger partial charge in [-0.05, 0) is 6.26 Å². The minimum absolute atomic E-state index is 0.162. The minimum atomic E-state index is -0.659. The Bertz CT molecular complexity index is 1170. The van der Waals surface area contributed by atoms with Crippen molar-refractivity contribution in [3.63, 3.8) is 0 Å². The van der Waals surface area contributed by atoms with Crippen LogP contribution in [0.2, 0.25) is 0 Å². The van der Waals surface area contributed by atoms with E-state index in [2.05, 4.69) is 15.3 Å². The summed E-state index contributed by atoms with van der Waals surface area (Å²) in [4.78, 5) is 21.1. The summed E-state index contributed by atoms with van der Waals surface area (Å²) in [5.41, 5.74) is 12.1. The number of hydrogen-bond acceptors (Lipinski definition) is 12. The first kappa shape index (κ1) is 29.3. The first-order valence-corrected chi connectivity index (χ1v) is 13.1. The second kappa shape index (κ2) is 15.2. The summed E-state index contributed by atoms with van der Waals surface area (Å²) in [6, 6.07) is 3.42. The lowest BCUT2D eigenvalue weighted by atomic mass is 10.2. The molecule has 13 nitrogen and oxygen atoms in total. The lowest BCUT2D eigenvalue weighted by Crippen LogP contribution is -2.17. The molecule has 0 atom stereocenters. The van der Waals surface area contributed by atoms with Gasteiger partial charge in [-0.3, -0.25) is 9.20 Å². The highest BCUT2D eigenvalue weighted by atomic mass is 32.2. The van der Waals surface area contributed by atoms with Crippen LogP contribution in [0.15, 0.2) is 29.7 Å². The molecule has 2 heterocycles. The minimum Gasteiger partial charge on any atom is -0.493 e. The number of benzene rings is 1. The Morgan fingerprint density at radius 3 is 2.16 bits per heavy atom. The van der Waals surface area contributed by atoms with Gasteiger partial charge in [-0.2, -0.15) is 0 Å². The van der Waals surface area contributed by atoms with E-state index in [0.717, 1.165) is 0 Å². The van der Waals surface area contributed by atoms with Gasteiger partial charge in [0.25, 0.3) is 5.91 Å². The molecule has 208 valence electrons. The number of ether oxygens (including phenoxy) is 6. The number of carbonyl (C=O) groups excluding carboxylic acids is 1. The van der Waals surface area contributed by atoms with Crippen LogP contribution in [0.5, 0.6) is 17.2 Å². The lowest BCUT2D eigenvalue weighted by Gasteiger charge is -2.18. The van der Waals surface area contributed by atoms with Crippen molar-refractivity contribution in [1.82, 2.24) is 14.4 Å². The molecule has 0 saturated carbocycles. The smallest absolute Gasteiger partial charge is 0.256 e. The summed E-state index contributed by atoms with van der Waals surface area (Å²) in [6.07, 6.45) is 5.19. The average Bonchev–Trinajstić information content (AvgIpc) is 3.40. The second-order valence-corrected chi connectivity index (χ2v) is 8.39. The Hall–Kier alpha value is -3.30. The molecular formula is C24H34N6O7S. The van der Waals surface area contributed by atoms with E-state index in [1.807, 2.05) is 6.26 Å². The van der Waals surface area contributed by atoms with Gasteiger partial charge in [-0.15, -0.1) is 0 Å². The Morgan fingerprint density at radius 2 is 1.61 bits per heavy atom. The molecule has 1 amide bonds. The second-order valence-electron chi connectivity index (χ2n) is 7.62. The molecule has 3 aromatic rings. The summed E-state index contributed by atoms with van der Waals surface area (Å²) in [5.74, 6) is 0.850.